The van der Waals surface area contributed by atoms with Crippen molar-refractivity contribution in [1.82, 2.24) is 5.32 Å². The third-order valence-electron chi connectivity index (χ3n) is 4.42. The number of carboxylic acid groups (broad SMARTS) is 1. The van der Waals surface area contributed by atoms with Crippen molar-refractivity contribution < 1.29 is 29.0 Å². The Morgan fingerprint density at radius 3 is 2.23 bits per heavy atom. The van der Waals surface area contributed by atoms with Gasteiger partial charge in [0.1, 0.15) is 11.3 Å². The minimum absolute atomic E-state index is 0.193. The molecule has 2 aromatic rings. The lowest BCUT2D eigenvalue weighted by Crippen LogP contribution is -2.54. The van der Waals surface area contributed by atoms with Crippen molar-refractivity contribution in [2.45, 2.75) is 26.9 Å². The number of imide groups is 2. The van der Waals surface area contributed by atoms with Gasteiger partial charge >= 0.3 is 12.0 Å². The minimum Gasteiger partial charge on any atom is -0.479 e. The van der Waals surface area contributed by atoms with E-state index >= 15 is 0 Å². The zero-order valence-electron chi connectivity index (χ0n) is 16.6. The molecule has 30 heavy (non-hydrogen) atoms. The van der Waals surface area contributed by atoms with Gasteiger partial charge in [-0.05, 0) is 67.8 Å². The average Bonchev–Trinajstić information content (AvgIpc) is 2.65. The second kappa shape index (κ2) is 8.20. The Labute approximate surface area is 172 Å². The maximum absolute atomic E-state index is 12.9. The van der Waals surface area contributed by atoms with Gasteiger partial charge in [-0.3, -0.25) is 14.9 Å². The fourth-order valence-electron chi connectivity index (χ4n) is 3.04. The number of amides is 4. The molecule has 1 aliphatic rings. The standard InChI is InChI=1S/C22H20N2O6/c1-12-8-13(2)10-16(9-12)24-20(26)18(19(25)23-22(24)29)11-15-4-6-17(7-5-15)30-14(3)21(27)28/h4-11,14H,1-3H3,(H,27,28)(H,23,25,29). The zero-order valence-corrected chi connectivity index (χ0v) is 16.6. The van der Waals surface area contributed by atoms with Crippen molar-refractivity contribution in [2.75, 3.05) is 4.90 Å². The molecule has 1 atom stereocenters. The van der Waals surface area contributed by atoms with Gasteiger partial charge in [0, 0.05) is 0 Å². The molecular weight excluding hydrogens is 388 g/mol. The van der Waals surface area contributed by atoms with E-state index in [1.807, 2.05) is 19.9 Å². The van der Waals surface area contributed by atoms with Gasteiger partial charge in [0.2, 0.25) is 0 Å². The molecule has 0 bridgehead atoms. The summed E-state index contributed by atoms with van der Waals surface area (Å²) in [6.45, 7) is 5.10. The molecule has 1 heterocycles. The van der Waals surface area contributed by atoms with Crippen LogP contribution in [0.15, 0.2) is 48.0 Å². The van der Waals surface area contributed by atoms with Crippen LogP contribution in [0.3, 0.4) is 0 Å². The Balaban J connectivity index is 1.90. The highest BCUT2D eigenvalue weighted by molar-refractivity contribution is 6.39. The molecule has 2 aromatic carbocycles. The maximum Gasteiger partial charge on any atom is 0.344 e. The summed E-state index contributed by atoms with van der Waals surface area (Å²) >= 11 is 0. The van der Waals surface area contributed by atoms with Gasteiger partial charge in [-0.15, -0.1) is 0 Å². The summed E-state index contributed by atoms with van der Waals surface area (Å²) < 4.78 is 5.25. The molecule has 8 heteroatoms. The molecule has 1 fully saturated rings. The van der Waals surface area contributed by atoms with Crippen LogP contribution in [0.1, 0.15) is 23.6 Å². The van der Waals surface area contributed by atoms with E-state index in [1.54, 1.807) is 24.3 Å². The average molecular weight is 408 g/mol. The number of benzene rings is 2. The van der Waals surface area contributed by atoms with E-state index in [0.717, 1.165) is 16.0 Å². The molecule has 1 saturated heterocycles. The van der Waals surface area contributed by atoms with Crippen LogP contribution in [-0.4, -0.2) is 35.0 Å². The molecule has 3 rings (SSSR count). The van der Waals surface area contributed by atoms with Crippen molar-refractivity contribution in [2.24, 2.45) is 0 Å². The van der Waals surface area contributed by atoms with Gasteiger partial charge in [-0.1, -0.05) is 18.2 Å². The summed E-state index contributed by atoms with van der Waals surface area (Å²) in [7, 11) is 0. The lowest BCUT2D eigenvalue weighted by Gasteiger charge is -2.27. The number of carbonyl (C=O) groups is 4. The summed E-state index contributed by atoms with van der Waals surface area (Å²) in [5.74, 6) is -2.28. The van der Waals surface area contributed by atoms with E-state index in [2.05, 4.69) is 5.32 Å². The van der Waals surface area contributed by atoms with Gasteiger partial charge in [-0.25, -0.2) is 14.5 Å². The van der Waals surface area contributed by atoms with Gasteiger partial charge in [0.25, 0.3) is 11.8 Å². The number of anilines is 1. The van der Waals surface area contributed by atoms with Crippen LogP contribution in [0.2, 0.25) is 0 Å². The third-order valence-corrected chi connectivity index (χ3v) is 4.42. The van der Waals surface area contributed by atoms with E-state index < -0.39 is 29.9 Å². The smallest absolute Gasteiger partial charge is 0.344 e. The second-order valence-electron chi connectivity index (χ2n) is 6.97. The maximum atomic E-state index is 12.9. The van der Waals surface area contributed by atoms with Crippen LogP contribution in [0.4, 0.5) is 10.5 Å². The molecule has 1 unspecified atom stereocenters. The first-order valence-corrected chi connectivity index (χ1v) is 9.15. The van der Waals surface area contributed by atoms with E-state index in [4.69, 9.17) is 9.84 Å². The van der Waals surface area contributed by atoms with Crippen LogP contribution < -0.4 is 15.0 Å². The molecule has 0 saturated carbocycles. The summed E-state index contributed by atoms with van der Waals surface area (Å²) in [6.07, 6.45) is 0.349. The Bertz CT molecular complexity index is 1050. The first kappa shape index (κ1) is 20.8. The van der Waals surface area contributed by atoms with Crippen LogP contribution in [0, 0.1) is 13.8 Å². The number of barbiturate groups is 1. The van der Waals surface area contributed by atoms with E-state index in [9.17, 15) is 19.2 Å². The fraction of sp³-hybridized carbons (Fsp3) is 0.182. The molecule has 8 nitrogen and oxygen atoms in total. The minimum atomic E-state index is -1.10. The van der Waals surface area contributed by atoms with Crippen LogP contribution in [0.25, 0.3) is 6.08 Å². The first-order valence-electron chi connectivity index (χ1n) is 9.15. The highest BCUT2D eigenvalue weighted by Gasteiger charge is 2.36. The number of hydrogen-bond donors (Lipinski definition) is 2. The lowest BCUT2D eigenvalue weighted by atomic mass is 10.1. The lowest BCUT2D eigenvalue weighted by molar-refractivity contribution is -0.144. The Morgan fingerprint density at radius 1 is 1.07 bits per heavy atom. The summed E-state index contributed by atoms with van der Waals surface area (Å²) in [5.41, 5.74) is 2.44. The van der Waals surface area contributed by atoms with Gasteiger partial charge in [0.05, 0.1) is 5.69 Å². The van der Waals surface area contributed by atoms with E-state index in [0.29, 0.717) is 17.0 Å². The topological polar surface area (TPSA) is 113 Å². The summed E-state index contributed by atoms with van der Waals surface area (Å²) in [5, 5.41) is 11.1. The Morgan fingerprint density at radius 2 is 1.67 bits per heavy atom. The number of carboxylic acids is 1. The number of aryl methyl sites for hydroxylation is 2. The number of nitrogens with zero attached hydrogens (tertiary/aromatic N) is 1. The number of nitrogens with one attached hydrogen (secondary N) is 1. The number of ether oxygens (including phenoxy) is 1. The van der Waals surface area contributed by atoms with Crippen molar-refractivity contribution in [3.05, 3.63) is 64.7 Å². The normalized spacial score (nSPS) is 16.4. The predicted octanol–water partition coefficient (Wildman–Crippen LogP) is 2.82. The van der Waals surface area contributed by atoms with E-state index in [-0.39, 0.29) is 5.57 Å². The number of rotatable bonds is 5. The molecule has 1 aliphatic heterocycles. The zero-order chi connectivity index (χ0) is 22.0. The second-order valence-corrected chi connectivity index (χ2v) is 6.97. The summed E-state index contributed by atoms with van der Waals surface area (Å²) in [4.78, 5) is 49.3. The van der Waals surface area contributed by atoms with Crippen molar-refractivity contribution in [3.8, 4) is 5.75 Å². The molecule has 0 aliphatic carbocycles. The SMILES string of the molecule is Cc1cc(C)cc(N2C(=O)NC(=O)C(=Cc3ccc(OC(C)C(=O)O)cc3)C2=O)c1. The van der Waals surface area contributed by atoms with Crippen LogP contribution in [0.5, 0.6) is 5.75 Å². The predicted molar refractivity (Wildman–Crippen MR) is 109 cm³/mol. The summed E-state index contributed by atoms with van der Waals surface area (Å²) in [6, 6.07) is 10.7. The monoisotopic (exact) mass is 408 g/mol. The fourth-order valence-corrected chi connectivity index (χ4v) is 3.04. The molecule has 0 radical (unpaired) electrons. The van der Waals surface area contributed by atoms with Crippen molar-refractivity contribution >= 4 is 35.6 Å². The number of aliphatic carboxylic acids is 1. The Kier molecular flexibility index (Phi) is 5.68. The molecule has 0 spiro atoms. The van der Waals surface area contributed by atoms with Crippen molar-refractivity contribution in [1.29, 1.82) is 0 Å². The highest BCUT2D eigenvalue weighted by atomic mass is 16.5. The van der Waals surface area contributed by atoms with Gasteiger partial charge in [-0.2, -0.15) is 0 Å². The first-order chi connectivity index (χ1) is 14.2. The molecule has 0 aromatic heterocycles. The van der Waals surface area contributed by atoms with Crippen LogP contribution >= 0.6 is 0 Å². The van der Waals surface area contributed by atoms with E-state index in [1.165, 1.54) is 25.1 Å². The molecule has 4 amide bonds. The van der Waals surface area contributed by atoms with Crippen LogP contribution in [-0.2, 0) is 14.4 Å². The van der Waals surface area contributed by atoms with Gasteiger partial charge < -0.3 is 9.84 Å². The number of carbonyl (C=O) groups excluding carboxylic acids is 3. The molecular formula is C22H20N2O6. The molecule has 154 valence electrons. The van der Waals surface area contributed by atoms with Crippen molar-refractivity contribution in [3.63, 3.8) is 0 Å². The highest BCUT2D eigenvalue weighted by Crippen LogP contribution is 2.24. The third kappa shape index (κ3) is 4.38. The Hall–Kier alpha value is -3.94. The molecule has 2 N–H and O–H groups in total. The van der Waals surface area contributed by atoms with Gasteiger partial charge in [0.15, 0.2) is 6.10 Å². The number of hydrogen-bond acceptors (Lipinski definition) is 5. The number of urea groups is 1. The largest absolute Gasteiger partial charge is 0.479 e. The quantitative estimate of drug-likeness (QED) is 0.581.